The third-order valence-corrected chi connectivity index (χ3v) is 8.20. The molecule has 0 aromatic heterocycles. The second-order valence-electron chi connectivity index (χ2n) is 10.9. The molecule has 1 fully saturated rings. The van der Waals surface area contributed by atoms with E-state index < -0.39 is 29.8 Å². The highest BCUT2D eigenvalue weighted by molar-refractivity contribution is 5.94. The first-order valence-corrected chi connectivity index (χ1v) is 14.3. The summed E-state index contributed by atoms with van der Waals surface area (Å²) >= 11 is 0. The number of nitrogens with one attached hydrogen (secondary N) is 1. The normalized spacial score (nSPS) is 19.8. The standard InChI is InChI=1S/C33H36N2O7/c1-4-20-14-19(3)15-21(5-2)30(20)34-28(36)18-35-17-25(24-10-11-26-27(16-24)42-13-12-41-26)29(33(39)40)31(35)22-6-8-23(9-7-22)32(37)38/h6-11,14-16,25,29,31H,4-5,12-13,17-18H2,1-3H3,(H,34,36)(H,37,38)(H,39,40)/t25-,29?,31+/m1/s1. The molecule has 2 aliphatic heterocycles. The van der Waals surface area contributed by atoms with Gasteiger partial charge in [-0.1, -0.05) is 49.7 Å². The Morgan fingerprint density at radius 2 is 1.50 bits per heavy atom. The molecule has 9 nitrogen and oxygen atoms in total. The van der Waals surface area contributed by atoms with E-state index in [2.05, 4.69) is 31.3 Å². The number of carboxylic acid groups (broad SMARTS) is 2. The Morgan fingerprint density at radius 1 is 0.881 bits per heavy atom. The molecule has 1 amide bonds. The Hall–Kier alpha value is -4.37. The van der Waals surface area contributed by atoms with Crippen LogP contribution < -0.4 is 14.8 Å². The zero-order valence-corrected chi connectivity index (χ0v) is 24.1. The molecule has 1 unspecified atom stereocenters. The summed E-state index contributed by atoms with van der Waals surface area (Å²) in [4.78, 5) is 39.9. The smallest absolute Gasteiger partial charge is 0.335 e. The van der Waals surface area contributed by atoms with Gasteiger partial charge in [-0.05, 0) is 66.3 Å². The van der Waals surface area contributed by atoms with Crippen molar-refractivity contribution in [1.82, 2.24) is 4.90 Å². The van der Waals surface area contributed by atoms with Gasteiger partial charge in [-0.15, -0.1) is 0 Å². The number of aliphatic carboxylic acids is 1. The molecule has 0 saturated carbocycles. The van der Waals surface area contributed by atoms with Crippen LogP contribution in [0.3, 0.4) is 0 Å². The average molecular weight is 573 g/mol. The Morgan fingerprint density at radius 3 is 2.10 bits per heavy atom. The van der Waals surface area contributed by atoms with Gasteiger partial charge in [0, 0.05) is 24.2 Å². The van der Waals surface area contributed by atoms with Crippen LogP contribution in [0.2, 0.25) is 0 Å². The van der Waals surface area contributed by atoms with Gasteiger partial charge in [0.1, 0.15) is 13.2 Å². The fraction of sp³-hybridized carbons (Fsp3) is 0.364. The van der Waals surface area contributed by atoms with Crippen molar-refractivity contribution in [3.63, 3.8) is 0 Å². The van der Waals surface area contributed by atoms with Gasteiger partial charge in [0.25, 0.3) is 0 Å². The number of amides is 1. The number of aryl methyl sites for hydroxylation is 3. The molecular formula is C33H36N2O7. The van der Waals surface area contributed by atoms with E-state index in [0.717, 1.165) is 40.8 Å². The number of hydrogen-bond donors (Lipinski definition) is 3. The van der Waals surface area contributed by atoms with E-state index in [9.17, 15) is 24.6 Å². The minimum atomic E-state index is -1.07. The van der Waals surface area contributed by atoms with E-state index in [1.54, 1.807) is 18.2 Å². The number of fused-ring (bicyclic) bond motifs is 1. The van der Waals surface area contributed by atoms with Gasteiger partial charge < -0.3 is 25.0 Å². The number of benzene rings is 3. The molecule has 3 aromatic carbocycles. The molecule has 3 aromatic rings. The maximum atomic E-state index is 13.6. The Labute approximate surface area is 245 Å². The van der Waals surface area contributed by atoms with Crippen LogP contribution in [0.25, 0.3) is 0 Å². The minimum Gasteiger partial charge on any atom is -0.486 e. The third-order valence-electron chi connectivity index (χ3n) is 8.20. The molecule has 3 atom stereocenters. The number of likely N-dealkylation sites (tertiary alicyclic amines) is 1. The van der Waals surface area contributed by atoms with Gasteiger partial charge >= 0.3 is 11.9 Å². The van der Waals surface area contributed by atoms with Crippen molar-refractivity contribution in [2.24, 2.45) is 5.92 Å². The van der Waals surface area contributed by atoms with Gasteiger partial charge in [-0.3, -0.25) is 14.5 Å². The van der Waals surface area contributed by atoms with E-state index in [-0.39, 0.29) is 18.0 Å². The van der Waals surface area contributed by atoms with Crippen LogP contribution in [0.15, 0.2) is 54.6 Å². The molecule has 0 bridgehead atoms. The van der Waals surface area contributed by atoms with Crippen molar-refractivity contribution in [3.8, 4) is 11.5 Å². The fourth-order valence-corrected chi connectivity index (χ4v) is 6.26. The van der Waals surface area contributed by atoms with Crippen LogP contribution in [0.1, 0.15) is 64.0 Å². The highest BCUT2D eigenvalue weighted by Crippen LogP contribution is 2.47. The molecule has 0 radical (unpaired) electrons. The summed E-state index contributed by atoms with van der Waals surface area (Å²) in [5.74, 6) is -2.46. The van der Waals surface area contributed by atoms with Gasteiger partial charge in [0.05, 0.1) is 18.0 Å². The molecule has 2 aliphatic rings. The van der Waals surface area contributed by atoms with E-state index in [0.29, 0.717) is 36.8 Å². The Balaban J connectivity index is 1.50. The van der Waals surface area contributed by atoms with Crippen LogP contribution in [-0.4, -0.2) is 59.3 Å². The second-order valence-corrected chi connectivity index (χ2v) is 10.9. The van der Waals surface area contributed by atoms with Crippen LogP contribution in [0.5, 0.6) is 11.5 Å². The topological polar surface area (TPSA) is 125 Å². The minimum absolute atomic E-state index is 0.0314. The molecular weight excluding hydrogens is 536 g/mol. The van der Waals surface area contributed by atoms with Gasteiger partial charge in [0.15, 0.2) is 11.5 Å². The first-order chi connectivity index (χ1) is 20.2. The van der Waals surface area contributed by atoms with Crippen LogP contribution in [0.4, 0.5) is 5.69 Å². The molecule has 5 rings (SSSR count). The number of anilines is 1. The molecule has 3 N–H and O–H groups in total. The second kappa shape index (κ2) is 12.2. The monoisotopic (exact) mass is 572 g/mol. The lowest BCUT2D eigenvalue weighted by Gasteiger charge is -2.27. The van der Waals surface area contributed by atoms with Crippen molar-refractivity contribution in [2.75, 3.05) is 31.6 Å². The van der Waals surface area contributed by atoms with E-state index in [4.69, 9.17) is 9.47 Å². The maximum absolute atomic E-state index is 13.6. The number of carbonyl (C=O) groups is 3. The van der Waals surface area contributed by atoms with Crippen molar-refractivity contribution >= 4 is 23.5 Å². The summed E-state index contributed by atoms with van der Waals surface area (Å²) < 4.78 is 11.4. The van der Waals surface area contributed by atoms with Crippen molar-refractivity contribution in [2.45, 2.75) is 45.6 Å². The van der Waals surface area contributed by atoms with Gasteiger partial charge in [0.2, 0.25) is 5.91 Å². The number of nitrogens with zero attached hydrogens (tertiary/aromatic N) is 1. The number of carboxylic acids is 2. The van der Waals surface area contributed by atoms with Crippen LogP contribution in [-0.2, 0) is 22.4 Å². The number of hydrogen-bond acceptors (Lipinski definition) is 6. The summed E-state index contributed by atoms with van der Waals surface area (Å²) in [5.41, 5.74) is 5.59. The molecule has 1 saturated heterocycles. The van der Waals surface area contributed by atoms with Crippen molar-refractivity contribution in [1.29, 1.82) is 0 Å². The largest absolute Gasteiger partial charge is 0.486 e. The first-order valence-electron chi connectivity index (χ1n) is 14.3. The Kier molecular flexibility index (Phi) is 8.49. The molecule has 9 heteroatoms. The molecule has 0 aliphatic carbocycles. The molecule has 0 spiro atoms. The van der Waals surface area contributed by atoms with Crippen molar-refractivity contribution in [3.05, 3.63) is 88.0 Å². The lowest BCUT2D eigenvalue weighted by molar-refractivity contribution is -0.143. The highest BCUT2D eigenvalue weighted by atomic mass is 16.6. The predicted octanol–water partition coefficient (Wildman–Crippen LogP) is 5.07. The maximum Gasteiger partial charge on any atom is 0.335 e. The zero-order chi connectivity index (χ0) is 30.0. The quantitative estimate of drug-likeness (QED) is 0.325. The lowest BCUT2D eigenvalue weighted by atomic mass is 9.82. The van der Waals surface area contributed by atoms with E-state index in [1.165, 1.54) is 12.1 Å². The predicted molar refractivity (Wildman–Crippen MR) is 158 cm³/mol. The van der Waals surface area contributed by atoms with Gasteiger partial charge in [-0.25, -0.2) is 4.79 Å². The Bertz CT molecular complexity index is 1480. The fourth-order valence-electron chi connectivity index (χ4n) is 6.26. The molecule has 220 valence electrons. The number of rotatable bonds is 9. The van der Waals surface area contributed by atoms with Crippen molar-refractivity contribution < 1.29 is 34.1 Å². The molecule has 42 heavy (non-hydrogen) atoms. The van der Waals surface area contributed by atoms with E-state index >= 15 is 0 Å². The summed E-state index contributed by atoms with van der Waals surface area (Å²) in [5, 5.41) is 23.1. The lowest BCUT2D eigenvalue weighted by Crippen LogP contribution is -2.35. The third kappa shape index (κ3) is 5.83. The highest BCUT2D eigenvalue weighted by Gasteiger charge is 2.48. The SMILES string of the molecule is CCc1cc(C)cc(CC)c1NC(=O)CN1C[C@H](c2ccc3c(c2)OCCO3)C(C(=O)O)[C@@H]1c1ccc(C(=O)O)cc1. The average Bonchev–Trinajstić information content (AvgIpc) is 3.36. The number of ether oxygens (including phenoxy) is 2. The summed E-state index contributed by atoms with van der Waals surface area (Å²) in [7, 11) is 0. The number of carbonyl (C=O) groups excluding carboxylic acids is 1. The summed E-state index contributed by atoms with van der Waals surface area (Å²) in [6.07, 6.45) is 1.53. The number of aromatic carboxylic acids is 1. The first kappa shape index (κ1) is 29.1. The zero-order valence-electron chi connectivity index (χ0n) is 24.1. The molecule has 2 heterocycles. The van der Waals surface area contributed by atoms with E-state index in [1.807, 2.05) is 24.0 Å². The summed E-state index contributed by atoms with van der Waals surface area (Å²) in [6.45, 7) is 7.28. The van der Waals surface area contributed by atoms with Crippen LogP contribution >= 0.6 is 0 Å². The summed E-state index contributed by atoms with van der Waals surface area (Å²) in [6, 6.07) is 15.2. The van der Waals surface area contributed by atoms with Crippen LogP contribution in [0, 0.1) is 12.8 Å². The van der Waals surface area contributed by atoms with Gasteiger partial charge in [-0.2, -0.15) is 0 Å².